The lowest BCUT2D eigenvalue weighted by Gasteiger charge is -2.37. The lowest BCUT2D eigenvalue weighted by atomic mass is 10.1. The summed E-state index contributed by atoms with van der Waals surface area (Å²) in [6.07, 6.45) is 2.65. The van der Waals surface area contributed by atoms with Crippen LogP contribution in [-0.2, 0) is 6.54 Å². The predicted molar refractivity (Wildman–Crippen MR) is 81.1 cm³/mol. The summed E-state index contributed by atoms with van der Waals surface area (Å²) in [6, 6.07) is 4.53. The molecule has 2 fully saturated rings. The van der Waals surface area contributed by atoms with Gasteiger partial charge in [-0.3, -0.25) is 9.80 Å². The van der Waals surface area contributed by atoms with Gasteiger partial charge in [0.1, 0.15) is 0 Å². The number of hydrogen-bond donors (Lipinski definition) is 1. The molecule has 0 saturated carbocycles. The SMILES string of the molecule is COc1cc(CN2CCN3CCCC3C2)cc(OC)c1O. The van der Waals surface area contributed by atoms with Crippen molar-refractivity contribution in [1.29, 1.82) is 0 Å². The number of ether oxygens (including phenoxy) is 2. The molecule has 0 aliphatic carbocycles. The average Bonchev–Trinajstić information content (AvgIpc) is 2.96. The first-order valence-corrected chi connectivity index (χ1v) is 7.61. The highest BCUT2D eigenvalue weighted by Gasteiger charge is 2.30. The van der Waals surface area contributed by atoms with Gasteiger partial charge >= 0.3 is 0 Å². The average molecular weight is 292 g/mol. The Morgan fingerprint density at radius 3 is 2.52 bits per heavy atom. The molecule has 2 heterocycles. The molecule has 5 heteroatoms. The Morgan fingerprint density at radius 1 is 1.14 bits per heavy atom. The van der Waals surface area contributed by atoms with Crippen LogP contribution in [0, 0.1) is 0 Å². The van der Waals surface area contributed by atoms with Crippen molar-refractivity contribution in [2.45, 2.75) is 25.4 Å². The van der Waals surface area contributed by atoms with E-state index < -0.39 is 0 Å². The van der Waals surface area contributed by atoms with Crippen LogP contribution in [0.15, 0.2) is 12.1 Å². The van der Waals surface area contributed by atoms with Gasteiger partial charge in [0.05, 0.1) is 14.2 Å². The van der Waals surface area contributed by atoms with Crippen molar-refractivity contribution in [3.05, 3.63) is 17.7 Å². The number of piperazine rings is 1. The van der Waals surface area contributed by atoms with E-state index in [0.29, 0.717) is 11.5 Å². The van der Waals surface area contributed by atoms with Crippen LogP contribution in [0.3, 0.4) is 0 Å². The fourth-order valence-electron chi connectivity index (χ4n) is 3.50. The van der Waals surface area contributed by atoms with Crippen molar-refractivity contribution < 1.29 is 14.6 Å². The summed E-state index contributed by atoms with van der Waals surface area (Å²) in [6.45, 7) is 5.53. The summed E-state index contributed by atoms with van der Waals surface area (Å²) in [5, 5.41) is 9.97. The molecule has 1 N–H and O–H groups in total. The molecule has 5 nitrogen and oxygen atoms in total. The lowest BCUT2D eigenvalue weighted by molar-refractivity contribution is 0.0992. The van der Waals surface area contributed by atoms with Crippen LogP contribution in [0.2, 0.25) is 0 Å². The smallest absolute Gasteiger partial charge is 0.200 e. The van der Waals surface area contributed by atoms with Gasteiger partial charge in [-0.25, -0.2) is 0 Å². The van der Waals surface area contributed by atoms with E-state index in [4.69, 9.17) is 9.47 Å². The fraction of sp³-hybridized carbons (Fsp3) is 0.625. The van der Waals surface area contributed by atoms with E-state index in [1.807, 2.05) is 12.1 Å². The van der Waals surface area contributed by atoms with E-state index in [9.17, 15) is 5.11 Å². The second-order valence-electron chi connectivity index (χ2n) is 5.92. The van der Waals surface area contributed by atoms with E-state index in [1.54, 1.807) is 14.2 Å². The number of aromatic hydroxyl groups is 1. The van der Waals surface area contributed by atoms with Gasteiger partial charge in [0.15, 0.2) is 11.5 Å². The highest BCUT2D eigenvalue weighted by atomic mass is 16.5. The highest BCUT2D eigenvalue weighted by Crippen LogP contribution is 2.37. The molecule has 21 heavy (non-hydrogen) atoms. The number of phenols is 1. The third-order valence-corrected chi connectivity index (χ3v) is 4.62. The second kappa shape index (κ2) is 6.12. The van der Waals surface area contributed by atoms with Crippen molar-refractivity contribution in [1.82, 2.24) is 9.80 Å². The Bertz CT molecular complexity index is 481. The van der Waals surface area contributed by atoms with Gasteiger partial charge < -0.3 is 14.6 Å². The molecule has 1 aromatic carbocycles. The largest absolute Gasteiger partial charge is 0.502 e. The predicted octanol–water partition coefficient (Wildman–Crippen LogP) is 1.69. The molecule has 1 unspecified atom stereocenters. The zero-order valence-electron chi connectivity index (χ0n) is 12.8. The quantitative estimate of drug-likeness (QED) is 0.915. The molecule has 3 rings (SSSR count). The third-order valence-electron chi connectivity index (χ3n) is 4.62. The first-order chi connectivity index (χ1) is 10.2. The summed E-state index contributed by atoms with van der Waals surface area (Å²) < 4.78 is 10.5. The highest BCUT2D eigenvalue weighted by molar-refractivity contribution is 5.52. The number of phenolic OH excluding ortho intramolecular Hbond substituents is 1. The molecule has 0 radical (unpaired) electrons. The van der Waals surface area contributed by atoms with E-state index in [2.05, 4.69) is 9.80 Å². The Hall–Kier alpha value is -1.46. The van der Waals surface area contributed by atoms with Gasteiger partial charge in [0.2, 0.25) is 5.75 Å². The number of methoxy groups -OCH3 is 2. The first-order valence-electron chi connectivity index (χ1n) is 7.61. The first kappa shape index (κ1) is 14.5. The molecule has 2 aliphatic heterocycles. The molecule has 1 atom stereocenters. The maximum atomic E-state index is 9.97. The van der Waals surface area contributed by atoms with E-state index in [-0.39, 0.29) is 5.75 Å². The summed E-state index contributed by atoms with van der Waals surface area (Å²) in [7, 11) is 3.13. The van der Waals surface area contributed by atoms with Crippen molar-refractivity contribution in [3.63, 3.8) is 0 Å². The Balaban J connectivity index is 1.72. The normalized spacial score (nSPS) is 23.0. The zero-order valence-corrected chi connectivity index (χ0v) is 12.8. The van der Waals surface area contributed by atoms with E-state index >= 15 is 0 Å². The molecular weight excluding hydrogens is 268 g/mol. The van der Waals surface area contributed by atoms with Gasteiger partial charge in [0.25, 0.3) is 0 Å². The van der Waals surface area contributed by atoms with Gasteiger partial charge in [-0.1, -0.05) is 0 Å². The minimum absolute atomic E-state index is 0.0735. The molecule has 2 saturated heterocycles. The number of nitrogens with zero attached hydrogens (tertiary/aromatic N) is 2. The Labute approximate surface area is 126 Å². The van der Waals surface area contributed by atoms with Crippen molar-refractivity contribution in [3.8, 4) is 17.2 Å². The van der Waals surface area contributed by atoms with Crippen molar-refractivity contribution in [2.75, 3.05) is 40.4 Å². The maximum Gasteiger partial charge on any atom is 0.200 e. The van der Waals surface area contributed by atoms with Crippen LogP contribution in [0.5, 0.6) is 17.2 Å². The van der Waals surface area contributed by atoms with Crippen molar-refractivity contribution in [2.24, 2.45) is 0 Å². The molecule has 0 aromatic heterocycles. The zero-order chi connectivity index (χ0) is 14.8. The maximum absolute atomic E-state index is 9.97. The van der Waals surface area contributed by atoms with Crippen LogP contribution in [0.25, 0.3) is 0 Å². The standard InChI is InChI=1S/C16H24N2O3/c1-20-14-8-12(9-15(21-2)16(14)19)10-17-6-7-18-5-3-4-13(18)11-17/h8-9,13,19H,3-7,10-11H2,1-2H3. The molecule has 0 spiro atoms. The van der Waals surface area contributed by atoms with Crippen molar-refractivity contribution >= 4 is 0 Å². The molecule has 116 valence electrons. The number of hydrogen-bond acceptors (Lipinski definition) is 5. The molecule has 2 aliphatic rings. The number of benzene rings is 1. The molecule has 1 aromatic rings. The van der Waals surface area contributed by atoms with E-state index in [0.717, 1.165) is 37.8 Å². The van der Waals surface area contributed by atoms with Crippen LogP contribution < -0.4 is 9.47 Å². The monoisotopic (exact) mass is 292 g/mol. The molecule has 0 bridgehead atoms. The van der Waals surface area contributed by atoms with Gasteiger partial charge in [-0.05, 0) is 37.1 Å². The third kappa shape index (κ3) is 2.94. The van der Waals surface area contributed by atoms with Crippen LogP contribution in [0.4, 0.5) is 0 Å². The van der Waals surface area contributed by atoms with E-state index in [1.165, 1.54) is 19.4 Å². The van der Waals surface area contributed by atoms with Crippen LogP contribution in [0.1, 0.15) is 18.4 Å². The Morgan fingerprint density at radius 2 is 1.86 bits per heavy atom. The Kier molecular flexibility index (Phi) is 4.22. The minimum atomic E-state index is 0.0735. The number of fused-ring (bicyclic) bond motifs is 1. The number of rotatable bonds is 4. The second-order valence-corrected chi connectivity index (χ2v) is 5.92. The fourth-order valence-corrected chi connectivity index (χ4v) is 3.50. The lowest BCUT2D eigenvalue weighted by Crippen LogP contribution is -2.49. The molecule has 0 amide bonds. The van der Waals surface area contributed by atoms with Gasteiger partial charge in [-0.2, -0.15) is 0 Å². The summed E-state index contributed by atoms with van der Waals surface area (Å²) in [5.74, 6) is 1.03. The van der Waals surface area contributed by atoms with Gasteiger partial charge in [0, 0.05) is 32.2 Å². The van der Waals surface area contributed by atoms with Gasteiger partial charge in [-0.15, -0.1) is 0 Å². The molecular formula is C16H24N2O3. The minimum Gasteiger partial charge on any atom is -0.502 e. The topological polar surface area (TPSA) is 45.2 Å². The summed E-state index contributed by atoms with van der Waals surface area (Å²) in [5.41, 5.74) is 1.12. The van der Waals surface area contributed by atoms with Crippen LogP contribution in [-0.4, -0.2) is 61.3 Å². The summed E-state index contributed by atoms with van der Waals surface area (Å²) in [4.78, 5) is 5.09. The summed E-state index contributed by atoms with van der Waals surface area (Å²) >= 11 is 0. The van der Waals surface area contributed by atoms with Crippen LogP contribution >= 0.6 is 0 Å².